The molecular formula is C23H27NO4. The van der Waals surface area contributed by atoms with Crippen molar-refractivity contribution in [3.63, 3.8) is 0 Å². The second-order valence-corrected chi connectivity index (χ2v) is 7.76. The van der Waals surface area contributed by atoms with Crippen molar-refractivity contribution in [2.75, 3.05) is 19.7 Å². The van der Waals surface area contributed by atoms with Gasteiger partial charge in [-0.1, -0.05) is 74.5 Å². The first-order chi connectivity index (χ1) is 13.4. The van der Waals surface area contributed by atoms with Gasteiger partial charge in [-0.05, 0) is 29.4 Å². The highest BCUT2D eigenvalue weighted by atomic mass is 16.6. The fraction of sp³-hybridized carbons (Fsp3) is 0.391. The Morgan fingerprint density at radius 1 is 0.964 bits per heavy atom. The third-order valence-electron chi connectivity index (χ3n) is 5.23. The summed E-state index contributed by atoms with van der Waals surface area (Å²) in [4.78, 5) is 27.2. The first-order valence-electron chi connectivity index (χ1n) is 9.69. The number of carbonyl (C=O) groups excluding carboxylic acids is 2. The first-order valence-corrected chi connectivity index (χ1v) is 9.69. The molecule has 1 saturated heterocycles. The zero-order chi connectivity index (χ0) is 20.1. The minimum atomic E-state index is -1.97. The van der Waals surface area contributed by atoms with Gasteiger partial charge in [0.15, 0.2) is 6.61 Å². The Kier molecular flexibility index (Phi) is 6.15. The van der Waals surface area contributed by atoms with Gasteiger partial charge >= 0.3 is 5.97 Å². The summed E-state index contributed by atoms with van der Waals surface area (Å²) in [7, 11) is 0. The second-order valence-electron chi connectivity index (χ2n) is 7.76. The molecule has 0 aliphatic carbocycles. The lowest BCUT2D eigenvalue weighted by Gasteiger charge is -2.35. The molecule has 1 heterocycles. The minimum Gasteiger partial charge on any atom is -0.453 e. The highest BCUT2D eigenvalue weighted by Gasteiger charge is 2.42. The Morgan fingerprint density at radius 2 is 1.43 bits per heavy atom. The maximum atomic E-state index is 12.9. The van der Waals surface area contributed by atoms with Crippen molar-refractivity contribution in [1.82, 2.24) is 4.90 Å². The van der Waals surface area contributed by atoms with Crippen LogP contribution in [0.4, 0.5) is 0 Å². The number of hydrogen-bond acceptors (Lipinski definition) is 4. The molecule has 2 aromatic rings. The molecule has 3 rings (SSSR count). The number of likely N-dealkylation sites (tertiary alicyclic amines) is 1. The summed E-state index contributed by atoms with van der Waals surface area (Å²) >= 11 is 0. The predicted octanol–water partition coefficient (Wildman–Crippen LogP) is 2.97. The third kappa shape index (κ3) is 4.25. The van der Waals surface area contributed by atoms with Gasteiger partial charge in [-0.3, -0.25) is 4.79 Å². The van der Waals surface area contributed by atoms with E-state index in [1.54, 1.807) is 53.4 Å². The predicted molar refractivity (Wildman–Crippen MR) is 106 cm³/mol. The van der Waals surface area contributed by atoms with Crippen LogP contribution < -0.4 is 0 Å². The van der Waals surface area contributed by atoms with Gasteiger partial charge in [0.05, 0.1) is 0 Å². The van der Waals surface area contributed by atoms with Crippen LogP contribution in [0.25, 0.3) is 0 Å². The molecule has 1 amide bonds. The molecule has 2 aromatic carbocycles. The summed E-state index contributed by atoms with van der Waals surface area (Å²) in [5, 5.41) is 11.3. The SMILES string of the molecule is C[C@@H]1C[C@@H](C)CN(C(=O)COC(=O)C(O)(c2ccccc2)c2ccccc2)C1. The lowest BCUT2D eigenvalue weighted by Crippen LogP contribution is -2.46. The molecule has 28 heavy (non-hydrogen) atoms. The number of benzene rings is 2. The Hall–Kier alpha value is -2.66. The van der Waals surface area contributed by atoms with Crippen LogP contribution in [-0.4, -0.2) is 41.6 Å². The van der Waals surface area contributed by atoms with Crippen LogP contribution in [0.5, 0.6) is 0 Å². The standard InChI is InChI=1S/C23H27NO4/c1-17-13-18(2)15-24(14-17)21(25)16-28-22(26)23(27,19-9-5-3-6-10-19)20-11-7-4-8-12-20/h3-12,17-18,27H,13-16H2,1-2H3/t17-,18-/m1/s1. The second kappa shape index (κ2) is 8.57. The molecule has 0 spiro atoms. The summed E-state index contributed by atoms with van der Waals surface area (Å²) in [6, 6.07) is 17.3. The van der Waals surface area contributed by atoms with Gasteiger partial charge in [0.25, 0.3) is 5.91 Å². The van der Waals surface area contributed by atoms with E-state index in [4.69, 9.17) is 4.74 Å². The summed E-state index contributed by atoms with van der Waals surface area (Å²) in [5.74, 6) is -0.227. The van der Waals surface area contributed by atoms with E-state index < -0.39 is 11.6 Å². The molecule has 1 aliphatic rings. The summed E-state index contributed by atoms with van der Waals surface area (Å²) in [6.45, 7) is 5.20. The van der Waals surface area contributed by atoms with Crippen molar-refractivity contribution in [3.8, 4) is 0 Å². The number of ether oxygens (including phenoxy) is 1. The molecule has 0 radical (unpaired) electrons. The van der Waals surface area contributed by atoms with Gasteiger partial charge in [0.2, 0.25) is 5.60 Å². The van der Waals surface area contributed by atoms with E-state index in [0.717, 1.165) is 6.42 Å². The van der Waals surface area contributed by atoms with E-state index in [-0.39, 0.29) is 12.5 Å². The van der Waals surface area contributed by atoms with Crippen molar-refractivity contribution in [1.29, 1.82) is 0 Å². The van der Waals surface area contributed by atoms with Crippen molar-refractivity contribution in [2.24, 2.45) is 11.8 Å². The molecule has 0 bridgehead atoms. The van der Waals surface area contributed by atoms with E-state index in [0.29, 0.717) is 36.1 Å². The molecule has 0 aromatic heterocycles. The van der Waals surface area contributed by atoms with Crippen LogP contribution >= 0.6 is 0 Å². The fourth-order valence-electron chi connectivity index (χ4n) is 3.95. The first kappa shape index (κ1) is 20.1. The van der Waals surface area contributed by atoms with Gasteiger partial charge < -0.3 is 14.7 Å². The quantitative estimate of drug-likeness (QED) is 0.809. The van der Waals surface area contributed by atoms with Crippen LogP contribution in [0.15, 0.2) is 60.7 Å². The topological polar surface area (TPSA) is 66.8 Å². The van der Waals surface area contributed by atoms with E-state index in [2.05, 4.69) is 13.8 Å². The van der Waals surface area contributed by atoms with Crippen LogP contribution in [0.3, 0.4) is 0 Å². The summed E-state index contributed by atoms with van der Waals surface area (Å²) in [6.07, 6.45) is 1.09. The Balaban J connectivity index is 1.76. The average Bonchev–Trinajstić information content (AvgIpc) is 2.71. The van der Waals surface area contributed by atoms with E-state index in [1.807, 2.05) is 12.1 Å². The van der Waals surface area contributed by atoms with Crippen LogP contribution in [-0.2, 0) is 19.9 Å². The lowest BCUT2D eigenvalue weighted by molar-refractivity contribution is -0.167. The van der Waals surface area contributed by atoms with Gasteiger partial charge in [-0.25, -0.2) is 4.79 Å². The molecule has 1 N–H and O–H groups in total. The number of aliphatic hydroxyl groups is 1. The number of esters is 1. The van der Waals surface area contributed by atoms with Crippen molar-refractivity contribution in [3.05, 3.63) is 71.8 Å². The molecule has 1 aliphatic heterocycles. The minimum absolute atomic E-state index is 0.227. The number of rotatable bonds is 5. The Labute approximate surface area is 165 Å². The number of piperidine rings is 1. The van der Waals surface area contributed by atoms with Crippen molar-refractivity contribution in [2.45, 2.75) is 25.9 Å². The normalized spacial score (nSPS) is 19.9. The van der Waals surface area contributed by atoms with E-state index >= 15 is 0 Å². The molecule has 0 saturated carbocycles. The molecule has 148 valence electrons. The maximum Gasteiger partial charge on any atom is 0.348 e. The number of carbonyl (C=O) groups is 2. The smallest absolute Gasteiger partial charge is 0.348 e. The van der Waals surface area contributed by atoms with E-state index in [1.165, 1.54) is 0 Å². The summed E-state index contributed by atoms with van der Waals surface area (Å²) < 4.78 is 5.32. The number of amides is 1. The zero-order valence-corrected chi connectivity index (χ0v) is 16.4. The largest absolute Gasteiger partial charge is 0.453 e. The maximum absolute atomic E-state index is 12.9. The molecule has 1 fully saturated rings. The van der Waals surface area contributed by atoms with Crippen molar-refractivity contribution >= 4 is 11.9 Å². The highest BCUT2D eigenvalue weighted by molar-refractivity contribution is 5.88. The van der Waals surface area contributed by atoms with Gasteiger partial charge in [-0.2, -0.15) is 0 Å². The number of nitrogens with zero attached hydrogens (tertiary/aromatic N) is 1. The van der Waals surface area contributed by atoms with Crippen molar-refractivity contribution < 1.29 is 19.4 Å². The van der Waals surface area contributed by atoms with Crippen LogP contribution in [0.2, 0.25) is 0 Å². The highest BCUT2D eigenvalue weighted by Crippen LogP contribution is 2.31. The van der Waals surface area contributed by atoms with Gasteiger partial charge in [0.1, 0.15) is 0 Å². The zero-order valence-electron chi connectivity index (χ0n) is 16.4. The molecule has 0 unspecified atom stereocenters. The lowest BCUT2D eigenvalue weighted by atomic mass is 9.86. The molecule has 2 atom stereocenters. The average molecular weight is 381 g/mol. The Bertz CT molecular complexity index is 756. The van der Waals surface area contributed by atoms with Gasteiger partial charge in [0, 0.05) is 13.1 Å². The van der Waals surface area contributed by atoms with Crippen LogP contribution in [0, 0.1) is 11.8 Å². The monoisotopic (exact) mass is 381 g/mol. The summed E-state index contributed by atoms with van der Waals surface area (Å²) in [5.41, 5.74) is -1.16. The van der Waals surface area contributed by atoms with E-state index in [9.17, 15) is 14.7 Å². The fourth-order valence-corrected chi connectivity index (χ4v) is 3.95. The van der Waals surface area contributed by atoms with Crippen LogP contribution in [0.1, 0.15) is 31.4 Å². The number of hydrogen-bond donors (Lipinski definition) is 1. The molecule has 5 nitrogen and oxygen atoms in total. The molecule has 5 heteroatoms. The Morgan fingerprint density at radius 3 is 1.89 bits per heavy atom. The molecular weight excluding hydrogens is 354 g/mol. The third-order valence-corrected chi connectivity index (χ3v) is 5.23. The van der Waals surface area contributed by atoms with Gasteiger partial charge in [-0.15, -0.1) is 0 Å².